The average Bonchev–Trinajstić information content (AvgIpc) is 3.94. The molecular weight excluding hydrogens is 707 g/mol. The lowest BCUT2D eigenvalue weighted by Crippen LogP contribution is -2.35. The summed E-state index contributed by atoms with van der Waals surface area (Å²) in [5, 5.41) is 25.3. The van der Waals surface area contributed by atoms with Gasteiger partial charge in [-0.25, -0.2) is 19.5 Å². The van der Waals surface area contributed by atoms with E-state index in [1.807, 2.05) is 6.92 Å². The van der Waals surface area contributed by atoms with E-state index in [4.69, 9.17) is 29.2 Å². The van der Waals surface area contributed by atoms with Crippen molar-refractivity contribution in [3.8, 4) is 0 Å². The van der Waals surface area contributed by atoms with Crippen molar-refractivity contribution in [3.63, 3.8) is 0 Å². The van der Waals surface area contributed by atoms with E-state index in [2.05, 4.69) is 81.2 Å². The molecule has 6 aliphatic rings. The summed E-state index contributed by atoms with van der Waals surface area (Å²) < 4.78 is 18.5. The van der Waals surface area contributed by atoms with E-state index in [9.17, 15) is 15.0 Å². The molecule has 7 rings (SSSR count). The summed E-state index contributed by atoms with van der Waals surface area (Å²) in [5.41, 5.74) is 16.2. The Bertz CT molecular complexity index is 2190. The second-order valence-corrected chi connectivity index (χ2v) is 15.1. The summed E-state index contributed by atoms with van der Waals surface area (Å²) in [6.07, 6.45) is 10.7. The molecule has 6 heterocycles. The monoisotopic (exact) mass is 760 g/mol. The number of aliphatic carboxylic acids is 1. The Morgan fingerprint density at radius 2 is 1.54 bits per heavy atom. The van der Waals surface area contributed by atoms with Crippen LogP contribution in [0, 0.1) is 11.8 Å². The molecule has 3 N–H and O–H groups in total. The van der Waals surface area contributed by atoms with Gasteiger partial charge in [0.05, 0.1) is 60.7 Å². The van der Waals surface area contributed by atoms with Gasteiger partial charge in [0.2, 0.25) is 0 Å². The number of allylic oxidation sites excluding steroid dienone is 12. The van der Waals surface area contributed by atoms with Crippen molar-refractivity contribution < 1.29 is 33.8 Å². The van der Waals surface area contributed by atoms with Gasteiger partial charge < -0.3 is 29.7 Å². The van der Waals surface area contributed by atoms with Crippen molar-refractivity contribution in [2.75, 3.05) is 40.1 Å². The van der Waals surface area contributed by atoms with Gasteiger partial charge in [-0.1, -0.05) is 20.8 Å². The molecule has 1 aromatic heterocycles. The maximum atomic E-state index is 12.0. The minimum atomic E-state index is -0.835. The lowest BCUT2D eigenvalue weighted by atomic mass is 9.83. The Kier molecular flexibility index (Phi) is 11.7. The van der Waals surface area contributed by atoms with Gasteiger partial charge in [-0.2, -0.15) is 0 Å². The second-order valence-electron chi connectivity index (χ2n) is 15.1. The minimum absolute atomic E-state index is 0.0223. The highest BCUT2D eigenvalue weighted by atomic mass is 16.5. The van der Waals surface area contributed by atoms with Gasteiger partial charge in [-0.05, 0) is 85.6 Å². The van der Waals surface area contributed by atoms with Gasteiger partial charge in [0, 0.05) is 72.0 Å². The first-order valence-corrected chi connectivity index (χ1v) is 19.9. The lowest BCUT2D eigenvalue weighted by Gasteiger charge is -2.18. The number of ether oxygens (including phenoxy) is 3. The second kappa shape index (κ2) is 16.6. The molecule has 0 radical (unpaired) electrons. The molecular formula is C45H54N5O6+. The number of rotatable bonds is 15. The van der Waals surface area contributed by atoms with Crippen LogP contribution >= 0.6 is 0 Å². The van der Waals surface area contributed by atoms with Crippen molar-refractivity contribution >= 4 is 28.7 Å². The molecule has 11 heteroatoms. The number of nitrogens with zero attached hydrogens (tertiary/aromatic N) is 4. The molecule has 8 bridgehead atoms. The molecule has 0 unspecified atom stereocenters. The first-order valence-electron chi connectivity index (χ1n) is 19.9. The number of fused-ring (bicyclic) bond motifs is 5. The van der Waals surface area contributed by atoms with Gasteiger partial charge in [0.15, 0.2) is 18.9 Å². The number of carbonyl (C=O) groups is 1. The first-order chi connectivity index (χ1) is 27.1. The summed E-state index contributed by atoms with van der Waals surface area (Å²) in [6.45, 7) is 16.2. The van der Waals surface area contributed by atoms with Crippen molar-refractivity contribution in [1.29, 1.82) is 0 Å². The molecule has 0 amide bonds. The number of aliphatic hydroxyl groups excluding tert-OH is 1. The maximum Gasteiger partial charge on any atom is 0.303 e. The number of aliphatic hydroxyl groups is 1. The molecule has 1 aliphatic carbocycles. The fourth-order valence-electron chi connectivity index (χ4n) is 8.74. The van der Waals surface area contributed by atoms with E-state index in [0.29, 0.717) is 52.4 Å². The zero-order chi connectivity index (χ0) is 39.7. The molecule has 5 aliphatic heterocycles. The maximum absolute atomic E-state index is 12.0. The van der Waals surface area contributed by atoms with Gasteiger partial charge in [0.1, 0.15) is 12.4 Å². The molecule has 56 heavy (non-hydrogen) atoms. The molecule has 0 aromatic carbocycles. The van der Waals surface area contributed by atoms with Crippen LogP contribution < -0.4 is 9.88 Å². The van der Waals surface area contributed by atoms with E-state index in [1.165, 1.54) is 11.1 Å². The fraction of sp³-hybridized carbons (Fsp3) is 0.444. The molecule has 2 atom stereocenters. The number of pyridine rings is 1. The van der Waals surface area contributed by atoms with Crippen LogP contribution in [-0.4, -0.2) is 73.5 Å². The highest BCUT2D eigenvalue weighted by Gasteiger charge is 2.43. The molecule has 0 saturated carbocycles. The average molecular weight is 761 g/mol. The first kappa shape index (κ1) is 39.3. The van der Waals surface area contributed by atoms with Gasteiger partial charge in [0.25, 0.3) is 0 Å². The summed E-state index contributed by atoms with van der Waals surface area (Å²) in [7, 11) is 1.66. The van der Waals surface area contributed by atoms with Crippen LogP contribution in [0.5, 0.6) is 0 Å². The smallest absolute Gasteiger partial charge is 0.303 e. The van der Waals surface area contributed by atoms with Gasteiger partial charge >= 0.3 is 5.97 Å². The van der Waals surface area contributed by atoms with Crippen LogP contribution in [0.4, 0.5) is 0 Å². The molecule has 294 valence electrons. The van der Waals surface area contributed by atoms with Gasteiger partial charge in [-0.15, -0.1) is 0 Å². The van der Waals surface area contributed by atoms with Crippen LogP contribution in [0.15, 0.2) is 125 Å². The topological polar surface area (TPSA) is 138 Å². The van der Waals surface area contributed by atoms with E-state index in [1.54, 1.807) is 7.11 Å². The van der Waals surface area contributed by atoms with E-state index >= 15 is 0 Å². The number of aromatic nitrogens is 1. The zero-order valence-electron chi connectivity index (χ0n) is 33.7. The van der Waals surface area contributed by atoms with Crippen LogP contribution in [0.2, 0.25) is 0 Å². The predicted molar refractivity (Wildman–Crippen MR) is 218 cm³/mol. The van der Waals surface area contributed by atoms with E-state index in [0.717, 1.165) is 97.5 Å². The highest BCUT2D eigenvalue weighted by molar-refractivity contribution is 6.34. The lowest BCUT2D eigenvalue weighted by molar-refractivity contribution is -0.698. The number of aliphatic imine (C=N–C) groups is 3. The third kappa shape index (κ3) is 7.35. The van der Waals surface area contributed by atoms with Crippen molar-refractivity contribution in [2.45, 2.75) is 80.2 Å². The highest BCUT2D eigenvalue weighted by Crippen LogP contribution is 2.48. The quantitative estimate of drug-likeness (QED) is 0.125. The third-order valence-electron chi connectivity index (χ3n) is 11.8. The van der Waals surface area contributed by atoms with Gasteiger partial charge in [-0.3, -0.25) is 4.79 Å². The Hall–Kier alpha value is -4.97. The molecule has 11 nitrogen and oxygen atoms in total. The standard InChI is InChI=1S/C45H53N5O6/c1-8-30-25(3)34-23-37-31(9-2)26(4)42(48-37)41(29-12-14-50(15-13-29)16-17-55-20-21-56-19-18-54-7)43-27(5)32(10-11-39(52)53)44(49-43)33-22-38(51)40-28(6)35(47-45(33)40)24-36(30)46-34/h12-15,23-24,27,32H,8-11,16-22H2,1-7H3,(H2,46,47,48,51,52,53)/p+1/t27-,32-/m0/s1. The number of carboxylic acids is 1. The Morgan fingerprint density at radius 1 is 0.857 bits per heavy atom. The van der Waals surface area contributed by atoms with Crippen LogP contribution in [0.3, 0.4) is 0 Å². The summed E-state index contributed by atoms with van der Waals surface area (Å²) in [5.74, 6) is -0.771. The van der Waals surface area contributed by atoms with Crippen molar-refractivity contribution in [1.82, 2.24) is 5.32 Å². The molecule has 0 spiro atoms. The summed E-state index contributed by atoms with van der Waals surface area (Å²) in [6, 6.07) is 4.26. The van der Waals surface area contributed by atoms with Crippen LogP contribution in [0.1, 0.15) is 79.2 Å². The molecule has 1 saturated heterocycles. The Labute approximate surface area is 329 Å². The Morgan fingerprint density at radius 3 is 2.23 bits per heavy atom. The fourth-order valence-corrected chi connectivity index (χ4v) is 8.74. The van der Waals surface area contributed by atoms with Crippen molar-refractivity contribution in [3.05, 3.63) is 115 Å². The Balaban J connectivity index is 1.37. The normalized spacial score (nSPS) is 21.7. The largest absolute Gasteiger partial charge is 0.511 e. The van der Waals surface area contributed by atoms with E-state index < -0.39 is 5.97 Å². The zero-order valence-corrected chi connectivity index (χ0v) is 33.7. The predicted octanol–water partition coefficient (Wildman–Crippen LogP) is 7.43. The third-order valence-corrected chi connectivity index (χ3v) is 11.8. The van der Waals surface area contributed by atoms with E-state index in [-0.39, 0.29) is 24.0 Å². The number of hydrogen-bond donors (Lipinski definition) is 3. The number of carboxylic acid groups (broad SMARTS) is 1. The SMILES string of the molecule is CCC1=C(C)C2=NC1=CC1=C(C)C3=C(O)CC(=C4NC(=C(c5cc[n+](CCOCCOCCOC)cc5)C5=NC(=C2)C(CC)=C5C)[C@@H](C)[C@@H]4CCC(=O)O)C3=N1. The number of hydrogen-bond acceptors (Lipinski definition) is 9. The van der Waals surface area contributed by atoms with Crippen LogP contribution in [0.25, 0.3) is 5.57 Å². The summed E-state index contributed by atoms with van der Waals surface area (Å²) in [4.78, 5) is 27.8. The van der Waals surface area contributed by atoms with Crippen molar-refractivity contribution in [2.24, 2.45) is 26.8 Å². The number of nitrogens with one attached hydrogen (secondary N) is 1. The minimum Gasteiger partial charge on any atom is -0.511 e. The number of methoxy groups -OCH3 is 1. The van der Waals surface area contributed by atoms with Crippen LogP contribution in [-0.2, 0) is 25.5 Å². The summed E-state index contributed by atoms with van der Waals surface area (Å²) >= 11 is 0. The molecule has 1 fully saturated rings. The molecule has 1 aromatic rings.